The molecule has 1 fully saturated rings. The smallest absolute Gasteiger partial charge is 0.291 e. The average Bonchev–Trinajstić information content (AvgIpc) is 3.10. The van der Waals surface area contributed by atoms with Gasteiger partial charge in [-0.1, -0.05) is 24.6 Å². The van der Waals surface area contributed by atoms with E-state index in [1.165, 1.54) is 10.4 Å². The number of carbonyl (C=O) groups excluding carboxylic acids is 1. The van der Waals surface area contributed by atoms with Crippen LogP contribution in [-0.2, 0) is 10.0 Å². The molecule has 164 valence electrons. The van der Waals surface area contributed by atoms with Crippen LogP contribution in [-0.4, -0.2) is 56.3 Å². The molecule has 0 radical (unpaired) electrons. The van der Waals surface area contributed by atoms with Crippen LogP contribution in [0.4, 0.5) is 5.69 Å². The van der Waals surface area contributed by atoms with E-state index in [0.717, 1.165) is 11.9 Å². The van der Waals surface area contributed by atoms with Gasteiger partial charge >= 0.3 is 0 Å². The second-order valence-corrected chi connectivity index (χ2v) is 9.89. The lowest BCUT2D eigenvalue weighted by Crippen LogP contribution is -2.48. The molecule has 1 aliphatic heterocycles. The van der Waals surface area contributed by atoms with Crippen LogP contribution in [0.1, 0.15) is 23.0 Å². The third-order valence-corrected chi connectivity index (χ3v) is 7.74. The largest absolute Gasteiger partial charge is 0.451 e. The first-order valence-electron chi connectivity index (χ1n) is 10.1. The van der Waals surface area contributed by atoms with E-state index in [4.69, 9.17) is 16.0 Å². The van der Waals surface area contributed by atoms with Crippen molar-refractivity contribution >= 4 is 44.2 Å². The molecule has 1 N–H and O–H groups in total. The number of hydrogen-bond acceptors (Lipinski definition) is 5. The molecule has 3 aromatic rings. The minimum atomic E-state index is -3.63. The summed E-state index contributed by atoms with van der Waals surface area (Å²) in [4.78, 5) is 15.2. The van der Waals surface area contributed by atoms with Crippen LogP contribution in [0, 0.1) is 6.92 Å². The zero-order chi connectivity index (χ0) is 22.2. The molecule has 0 spiro atoms. The first-order valence-corrected chi connectivity index (χ1v) is 11.9. The summed E-state index contributed by atoms with van der Waals surface area (Å²) in [5, 5.41) is 4.07. The van der Waals surface area contributed by atoms with Crippen molar-refractivity contribution in [2.24, 2.45) is 0 Å². The van der Waals surface area contributed by atoms with Crippen LogP contribution in [0.3, 0.4) is 0 Å². The molecule has 0 unspecified atom stereocenters. The Bertz CT molecular complexity index is 1230. The summed E-state index contributed by atoms with van der Waals surface area (Å²) in [7, 11) is -3.63. The maximum Gasteiger partial charge on any atom is 0.291 e. The summed E-state index contributed by atoms with van der Waals surface area (Å²) >= 11 is 6.04. The summed E-state index contributed by atoms with van der Waals surface area (Å²) < 4.78 is 33.3. The van der Waals surface area contributed by atoms with Crippen LogP contribution in [0.15, 0.2) is 51.8 Å². The first-order chi connectivity index (χ1) is 14.8. The molecule has 0 bridgehead atoms. The third-order valence-electron chi connectivity index (χ3n) is 5.61. The molecule has 1 aliphatic rings. The summed E-state index contributed by atoms with van der Waals surface area (Å²) in [5.74, 6) is -0.280. The van der Waals surface area contributed by atoms with Crippen LogP contribution < -0.4 is 5.32 Å². The van der Waals surface area contributed by atoms with Crippen molar-refractivity contribution in [2.75, 3.05) is 38.0 Å². The number of sulfonamides is 1. The molecule has 31 heavy (non-hydrogen) atoms. The molecule has 1 aromatic heterocycles. The Morgan fingerprint density at radius 1 is 1.13 bits per heavy atom. The summed E-state index contributed by atoms with van der Waals surface area (Å²) in [6.45, 7) is 7.08. The van der Waals surface area contributed by atoms with Gasteiger partial charge in [0, 0.05) is 47.8 Å². The van der Waals surface area contributed by atoms with Crippen LogP contribution in [0.2, 0.25) is 5.02 Å². The standard InChI is InChI=1S/C22H24ClN3O4S/c1-3-25-9-11-26(12-10-25)31(28,29)18-6-4-5-17(14-18)24-22(27)21-15(2)19-13-16(23)7-8-20(19)30-21/h4-8,13-14H,3,9-12H2,1-2H3,(H,24,27). The Morgan fingerprint density at radius 3 is 2.58 bits per heavy atom. The number of rotatable bonds is 5. The van der Waals surface area contributed by atoms with E-state index in [-0.39, 0.29) is 10.7 Å². The number of nitrogens with one attached hydrogen (secondary N) is 1. The Balaban J connectivity index is 1.55. The number of furan rings is 1. The van der Waals surface area contributed by atoms with Crippen LogP contribution in [0.5, 0.6) is 0 Å². The molecule has 0 atom stereocenters. The number of halogens is 1. The lowest BCUT2D eigenvalue weighted by molar-refractivity contribution is 0.0998. The Labute approximate surface area is 186 Å². The van der Waals surface area contributed by atoms with Crippen LogP contribution in [0.25, 0.3) is 11.0 Å². The minimum Gasteiger partial charge on any atom is -0.451 e. The van der Waals surface area contributed by atoms with Gasteiger partial charge in [0.15, 0.2) is 5.76 Å². The van der Waals surface area contributed by atoms with Crippen molar-refractivity contribution in [3.8, 4) is 0 Å². The predicted molar refractivity (Wildman–Crippen MR) is 121 cm³/mol. The van der Waals surface area contributed by atoms with E-state index < -0.39 is 15.9 Å². The molecule has 7 nitrogen and oxygen atoms in total. The van der Waals surface area contributed by atoms with Gasteiger partial charge in [-0.15, -0.1) is 0 Å². The second-order valence-electron chi connectivity index (χ2n) is 7.52. The Kier molecular flexibility index (Phi) is 6.07. The monoisotopic (exact) mass is 461 g/mol. The molecule has 0 saturated carbocycles. The van der Waals surface area contributed by atoms with E-state index in [9.17, 15) is 13.2 Å². The number of aryl methyl sites for hydroxylation is 1. The number of amides is 1. The fourth-order valence-corrected chi connectivity index (χ4v) is 5.41. The highest BCUT2D eigenvalue weighted by molar-refractivity contribution is 7.89. The molecule has 0 aliphatic carbocycles. The maximum absolute atomic E-state index is 13.1. The normalized spacial score (nSPS) is 16.0. The number of likely N-dealkylation sites (N-methyl/N-ethyl adjacent to an activating group) is 1. The van der Waals surface area contributed by atoms with Gasteiger partial charge in [-0.3, -0.25) is 4.79 Å². The molecule has 1 amide bonds. The van der Waals surface area contributed by atoms with E-state index in [2.05, 4.69) is 17.1 Å². The van der Waals surface area contributed by atoms with E-state index in [1.807, 2.05) is 0 Å². The highest BCUT2D eigenvalue weighted by Gasteiger charge is 2.28. The maximum atomic E-state index is 13.1. The Hall–Kier alpha value is -2.39. The zero-order valence-corrected chi connectivity index (χ0v) is 19.0. The lowest BCUT2D eigenvalue weighted by atomic mass is 10.1. The first kappa shape index (κ1) is 21.8. The molecular weight excluding hydrogens is 438 g/mol. The van der Waals surface area contributed by atoms with Crippen molar-refractivity contribution in [2.45, 2.75) is 18.7 Å². The highest BCUT2D eigenvalue weighted by atomic mass is 35.5. The summed E-state index contributed by atoms with van der Waals surface area (Å²) in [6.07, 6.45) is 0. The van der Waals surface area contributed by atoms with Gasteiger partial charge in [-0.25, -0.2) is 8.42 Å². The zero-order valence-electron chi connectivity index (χ0n) is 17.4. The molecule has 1 saturated heterocycles. The number of fused-ring (bicyclic) bond motifs is 1. The number of piperazine rings is 1. The predicted octanol–water partition coefficient (Wildman–Crippen LogP) is 3.97. The van der Waals surface area contributed by atoms with Crippen molar-refractivity contribution < 1.29 is 17.6 Å². The molecule has 2 heterocycles. The molecule has 9 heteroatoms. The second kappa shape index (κ2) is 8.63. The highest BCUT2D eigenvalue weighted by Crippen LogP contribution is 2.29. The number of hydrogen-bond donors (Lipinski definition) is 1. The molecular formula is C22H24ClN3O4S. The van der Waals surface area contributed by atoms with Gasteiger partial charge in [0.2, 0.25) is 10.0 Å². The van der Waals surface area contributed by atoms with Gasteiger partial charge in [0.25, 0.3) is 5.91 Å². The molecule has 2 aromatic carbocycles. The van der Waals surface area contributed by atoms with Crippen molar-refractivity contribution in [1.29, 1.82) is 0 Å². The number of anilines is 1. The third kappa shape index (κ3) is 4.34. The van der Waals surface area contributed by atoms with Gasteiger partial charge < -0.3 is 14.6 Å². The number of nitrogens with zero attached hydrogens (tertiary/aromatic N) is 2. The molecule has 4 rings (SSSR count). The summed E-state index contributed by atoms with van der Waals surface area (Å²) in [6, 6.07) is 11.5. The van der Waals surface area contributed by atoms with E-state index >= 15 is 0 Å². The van der Waals surface area contributed by atoms with Gasteiger partial charge in [0.05, 0.1) is 4.90 Å². The number of benzene rings is 2. The van der Waals surface area contributed by atoms with Gasteiger partial charge in [-0.05, 0) is 49.9 Å². The lowest BCUT2D eigenvalue weighted by Gasteiger charge is -2.33. The fourth-order valence-electron chi connectivity index (χ4n) is 3.77. The van der Waals surface area contributed by atoms with Gasteiger partial charge in [0.1, 0.15) is 5.58 Å². The average molecular weight is 462 g/mol. The Morgan fingerprint density at radius 2 is 1.87 bits per heavy atom. The van der Waals surface area contributed by atoms with Crippen molar-refractivity contribution in [3.63, 3.8) is 0 Å². The quantitative estimate of drug-likeness (QED) is 0.621. The SMILES string of the molecule is CCN1CCN(S(=O)(=O)c2cccc(NC(=O)c3oc4ccc(Cl)cc4c3C)c2)CC1. The van der Waals surface area contributed by atoms with E-state index in [1.54, 1.807) is 43.3 Å². The number of carbonyl (C=O) groups is 1. The topological polar surface area (TPSA) is 82.9 Å². The minimum absolute atomic E-state index is 0.156. The van der Waals surface area contributed by atoms with E-state index in [0.29, 0.717) is 48.0 Å². The van der Waals surface area contributed by atoms with Gasteiger partial charge in [-0.2, -0.15) is 4.31 Å². The fraction of sp³-hybridized carbons (Fsp3) is 0.318. The van der Waals surface area contributed by atoms with Crippen molar-refractivity contribution in [3.05, 3.63) is 58.8 Å². The summed E-state index contributed by atoms with van der Waals surface area (Å²) in [5.41, 5.74) is 1.62. The van der Waals surface area contributed by atoms with Crippen LogP contribution >= 0.6 is 11.6 Å². The van der Waals surface area contributed by atoms with Crippen molar-refractivity contribution in [1.82, 2.24) is 9.21 Å².